The van der Waals surface area contributed by atoms with Gasteiger partial charge < -0.3 is 45.2 Å². The van der Waals surface area contributed by atoms with E-state index in [1.54, 1.807) is 12.1 Å². The van der Waals surface area contributed by atoms with Crippen molar-refractivity contribution in [3.05, 3.63) is 53.6 Å². The number of phenols is 3. The number of Topliss-reactive ketones (excluding diaryl/α,β-unsaturated/α-hetero) is 1. The van der Waals surface area contributed by atoms with Crippen molar-refractivity contribution in [2.75, 3.05) is 6.61 Å². The van der Waals surface area contributed by atoms with Crippen LogP contribution in [0, 0.1) is 0 Å². The summed E-state index contributed by atoms with van der Waals surface area (Å²) < 4.78 is 11.0. The standard InChI is InChI=1S/C21H24O10/c22-9-16-18(27)19(28)20(29)21(31-16)30-15(7-10-1-3-11(23)4-2-10)17(26)13-6-5-12(24)8-14(13)25/h1-6,8,15-16,18-25,27-29H,7,9H2/t15-,16+,18+,19-,20+,21+/m0/s1. The smallest absolute Gasteiger partial charge is 0.195 e. The summed E-state index contributed by atoms with van der Waals surface area (Å²) in [5, 5.41) is 68.5. The van der Waals surface area contributed by atoms with Crippen LogP contribution in [-0.4, -0.2) is 84.9 Å². The predicted octanol–water partition coefficient (Wildman–Crippen LogP) is -0.586. The Hall–Kier alpha value is -2.73. The van der Waals surface area contributed by atoms with Gasteiger partial charge in [-0.25, -0.2) is 0 Å². The van der Waals surface area contributed by atoms with Crippen LogP contribution in [0.3, 0.4) is 0 Å². The Morgan fingerprint density at radius 1 is 0.935 bits per heavy atom. The quantitative estimate of drug-likeness (QED) is 0.278. The third-order valence-electron chi connectivity index (χ3n) is 5.04. The first-order valence-electron chi connectivity index (χ1n) is 9.51. The molecule has 0 spiro atoms. The van der Waals surface area contributed by atoms with Gasteiger partial charge in [-0.05, 0) is 29.8 Å². The van der Waals surface area contributed by atoms with E-state index < -0.39 is 54.9 Å². The number of aromatic hydroxyl groups is 3. The fourth-order valence-corrected chi connectivity index (χ4v) is 3.29. The Labute approximate surface area is 177 Å². The molecule has 10 heteroatoms. The fraction of sp³-hybridized carbons (Fsp3) is 0.381. The molecule has 1 aliphatic rings. The predicted molar refractivity (Wildman–Crippen MR) is 105 cm³/mol. The molecule has 1 fully saturated rings. The number of aliphatic hydroxyl groups excluding tert-OH is 4. The summed E-state index contributed by atoms with van der Waals surface area (Å²) in [5.41, 5.74) is 0.408. The normalized spacial score (nSPS) is 27.0. The molecule has 0 unspecified atom stereocenters. The molecule has 2 aromatic carbocycles. The summed E-state index contributed by atoms with van der Waals surface area (Å²) in [5.74, 6) is -1.43. The number of benzene rings is 2. The van der Waals surface area contributed by atoms with Gasteiger partial charge in [-0.2, -0.15) is 0 Å². The average Bonchev–Trinajstić information content (AvgIpc) is 2.74. The molecular weight excluding hydrogens is 412 g/mol. The number of phenolic OH excluding ortho intramolecular Hbond substituents is 3. The molecule has 0 saturated carbocycles. The maximum atomic E-state index is 13.1. The highest BCUT2D eigenvalue weighted by molar-refractivity contribution is 6.02. The first-order valence-corrected chi connectivity index (χ1v) is 9.51. The van der Waals surface area contributed by atoms with Gasteiger partial charge in [0.15, 0.2) is 12.1 Å². The lowest BCUT2D eigenvalue weighted by molar-refractivity contribution is -0.306. The zero-order chi connectivity index (χ0) is 22.7. The number of rotatable bonds is 7. The van der Waals surface area contributed by atoms with E-state index in [2.05, 4.69) is 0 Å². The Morgan fingerprint density at radius 3 is 2.19 bits per heavy atom. The van der Waals surface area contributed by atoms with Crippen molar-refractivity contribution in [2.24, 2.45) is 0 Å². The summed E-state index contributed by atoms with van der Waals surface area (Å²) in [4.78, 5) is 13.1. The van der Waals surface area contributed by atoms with Gasteiger partial charge in [0, 0.05) is 12.5 Å². The zero-order valence-electron chi connectivity index (χ0n) is 16.3. The molecule has 0 aromatic heterocycles. The van der Waals surface area contributed by atoms with Crippen LogP contribution in [0.25, 0.3) is 0 Å². The van der Waals surface area contributed by atoms with E-state index in [0.717, 1.165) is 6.07 Å². The first-order chi connectivity index (χ1) is 14.7. The molecule has 10 nitrogen and oxygen atoms in total. The van der Waals surface area contributed by atoms with Crippen LogP contribution in [0.1, 0.15) is 15.9 Å². The van der Waals surface area contributed by atoms with Crippen molar-refractivity contribution in [1.29, 1.82) is 0 Å². The summed E-state index contributed by atoms with van der Waals surface area (Å²) in [6.07, 6.45) is -9.19. The van der Waals surface area contributed by atoms with E-state index in [9.17, 15) is 40.5 Å². The molecule has 31 heavy (non-hydrogen) atoms. The van der Waals surface area contributed by atoms with Gasteiger partial charge in [0.25, 0.3) is 0 Å². The van der Waals surface area contributed by atoms with Crippen molar-refractivity contribution in [2.45, 2.75) is 43.2 Å². The van der Waals surface area contributed by atoms with Gasteiger partial charge in [0.2, 0.25) is 0 Å². The van der Waals surface area contributed by atoms with Gasteiger partial charge in [-0.3, -0.25) is 4.79 Å². The highest BCUT2D eigenvalue weighted by Crippen LogP contribution is 2.28. The van der Waals surface area contributed by atoms with Crippen molar-refractivity contribution >= 4 is 5.78 Å². The summed E-state index contributed by atoms with van der Waals surface area (Å²) in [7, 11) is 0. The zero-order valence-corrected chi connectivity index (χ0v) is 16.3. The topological polar surface area (TPSA) is 177 Å². The van der Waals surface area contributed by atoms with Crippen molar-refractivity contribution in [3.8, 4) is 17.2 Å². The number of carbonyl (C=O) groups is 1. The van der Waals surface area contributed by atoms with E-state index >= 15 is 0 Å². The van der Waals surface area contributed by atoms with Crippen LogP contribution >= 0.6 is 0 Å². The second-order valence-electron chi connectivity index (χ2n) is 7.26. The van der Waals surface area contributed by atoms with Gasteiger partial charge in [-0.15, -0.1) is 0 Å². The monoisotopic (exact) mass is 436 g/mol. The minimum absolute atomic E-state index is 0.0117. The molecule has 0 radical (unpaired) electrons. The molecule has 7 N–H and O–H groups in total. The lowest BCUT2D eigenvalue weighted by atomic mass is 9.97. The third kappa shape index (κ3) is 5.13. The average molecular weight is 436 g/mol. The SMILES string of the molecule is O=C(c1ccc(O)cc1O)[C@H](Cc1ccc(O)cc1)O[C@@H]1O[C@H](CO)[C@@H](O)[C@H](O)[C@H]1O. The number of hydrogen-bond donors (Lipinski definition) is 7. The molecule has 0 amide bonds. The summed E-state index contributed by atoms with van der Waals surface area (Å²) in [6.45, 7) is -0.667. The molecular formula is C21H24O10. The van der Waals surface area contributed by atoms with Crippen molar-refractivity contribution in [1.82, 2.24) is 0 Å². The molecule has 168 valence electrons. The number of ketones is 1. The maximum Gasteiger partial charge on any atom is 0.195 e. The van der Waals surface area contributed by atoms with Gasteiger partial charge in [-0.1, -0.05) is 12.1 Å². The molecule has 0 bridgehead atoms. The summed E-state index contributed by atoms with van der Waals surface area (Å²) >= 11 is 0. The van der Waals surface area contributed by atoms with Gasteiger partial charge in [0.05, 0.1) is 12.2 Å². The van der Waals surface area contributed by atoms with Crippen molar-refractivity contribution < 1.29 is 50.0 Å². The van der Waals surface area contributed by atoms with Crippen LogP contribution in [0.2, 0.25) is 0 Å². The molecule has 1 saturated heterocycles. The second kappa shape index (κ2) is 9.60. The van der Waals surface area contributed by atoms with Crippen LogP contribution < -0.4 is 0 Å². The van der Waals surface area contributed by atoms with Crippen molar-refractivity contribution in [3.63, 3.8) is 0 Å². The highest BCUT2D eigenvalue weighted by Gasteiger charge is 2.45. The Balaban J connectivity index is 1.89. The molecule has 0 aliphatic carbocycles. The maximum absolute atomic E-state index is 13.1. The third-order valence-corrected chi connectivity index (χ3v) is 5.04. The van der Waals surface area contributed by atoms with Crippen LogP contribution in [0.15, 0.2) is 42.5 Å². The second-order valence-corrected chi connectivity index (χ2v) is 7.26. The lowest BCUT2D eigenvalue weighted by Crippen LogP contribution is -2.60. The van der Waals surface area contributed by atoms with E-state index in [1.807, 2.05) is 0 Å². The highest BCUT2D eigenvalue weighted by atomic mass is 16.7. The largest absolute Gasteiger partial charge is 0.508 e. The Bertz CT molecular complexity index is 898. The van der Waals surface area contributed by atoms with Gasteiger partial charge in [0.1, 0.15) is 47.8 Å². The van der Waals surface area contributed by atoms with Crippen LogP contribution in [0.4, 0.5) is 0 Å². The first kappa shape index (κ1) is 22.9. The molecule has 2 aromatic rings. The Kier molecular flexibility index (Phi) is 7.11. The van der Waals surface area contributed by atoms with E-state index in [0.29, 0.717) is 5.56 Å². The lowest BCUT2D eigenvalue weighted by Gasteiger charge is -2.40. The minimum atomic E-state index is -1.72. The Morgan fingerprint density at radius 2 is 1.58 bits per heavy atom. The molecule has 1 heterocycles. The van der Waals surface area contributed by atoms with Crippen LogP contribution in [-0.2, 0) is 15.9 Å². The number of aliphatic hydroxyl groups is 4. The van der Waals surface area contributed by atoms with E-state index in [-0.39, 0.29) is 23.5 Å². The van der Waals surface area contributed by atoms with E-state index in [1.165, 1.54) is 24.3 Å². The molecule has 1 aliphatic heterocycles. The van der Waals surface area contributed by atoms with E-state index in [4.69, 9.17) is 9.47 Å². The van der Waals surface area contributed by atoms with Gasteiger partial charge >= 0.3 is 0 Å². The number of ether oxygens (including phenoxy) is 2. The number of carbonyl (C=O) groups excluding carboxylic acids is 1. The molecule has 6 atom stereocenters. The minimum Gasteiger partial charge on any atom is -0.508 e. The number of hydrogen-bond acceptors (Lipinski definition) is 10. The van der Waals surface area contributed by atoms with Crippen LogP contribution in [0.5, 0.6) is 17.2 Å². The molecule has 3 rings (SSSR count). The summed E-state index contributed by atoms with van der Waals surface area (Å²) in [6, 6.07) is 9.29. The fourth-order valence-electron chi connectivity index (χ4n) is 3.29.